The minimum atomic E-state index is -0.711. The van der Waals surface area contributed by atoms with Crippen molar-refractivity contribution >= 4 is 40.2 Å². The molecule has 3 aromatic rings. The number of methoxy groups -OCH3 is 1. The monoisotopic (exact) mass is 418 g/mol. The molecule has 0 bridgehead atoms. The first-order valence-electron chi connectivity index (χ1n) is 8.57. The molecule has 0 amide bonds. The van der Waals surface area contributed by atoms with Gasteiger partial charge >= 0.3 is 5.97 Å². The Morgan fingerprint density at radius 3 is 2.79 bits per heavy atom. The van der Waals surface area contributed by atoms with Crippen molar-refractivity contribution in [1.82, 2.24) is 9.55 Å². The van der Waals surface area contributed by atoms with E-state index in [0.29, 0.717) is 32.4 Å². The van der Waals surface area contributed by atoms with Gasteiger partial charge in [-0.25, -0.2) is 9.78 Å². The molecule has 146 valence electrons. The van der Waals surface area contributed by atoms with Crippen LogP contribution in [0.5, 0.6) is 0 Å². The molecule has 1 N–H and O–H groups in total. The maximum absolute atomic E-state index is 13.0. The van der Waals surface area contributed by atoms with E-state index in [4.69, 9.17) is 16.3 Å². The molecular formula is C20H19ClN2O4S. The number of carbonyl (C=O) groups is 1. The Balaban J connectivity index is 2.06. The molecule has 3 rings (SSSR count). The summed E-state index contributed by atoms with van der Waals surface area (Å²) in [5.74, 6) is 0.0552. The molecule has 0 fully saturated rings. The molecule has 0 unspecified atom stereocenters. The van der Waals surface area contributed by atoms with Crippen LogP contribution in [0.2, 0.25) is 5.02 Å². The van der Waals surface area contributed by atoms with Gasteiger partial charge in [0.15, 0.2) is 5.16 Å². The van der Waals surface area contributed by atoms with Crippen molar-refractivity contribution in [3.05, 3.63) is 69.0 Å². The predicted molar refractivity (Wildman–Crippen MR) is 110 cm³/mol. The van der Waals surface area contributed by atoms with Crippen LogP contribution in [-0.2, 0) is 17.0 Å². The number of carbonyl (C=O) groups excluding carboxylic acids is 1. The molecule has 1 atom stereocenters. The Kier molecular flexibility index (Phi) is 6.39. The van der Waals surface area contributed by atoms with E-state index in [1.165, 1.54) is 29.5 Å². The number of aromatic nitrogens is 2. The minimum Gasteiger partial charge on any atom is -0.465 e. The van der Waals surface area contributed by atoms with Crippen molar-refractivity contribution in [2.75, 3.05) is 7.11 Å². The van der Waals surface area contributed by atoms with Crippen LogP contribution < -0.4 is 5.56 Å². The van der Waals surface area contributed by atoms with Gasteiger partial charge in [0, 0.05) is 10.8 Å². The molecule has 2 aromatic carbocycles. The maximum atomic E-state index is 13.0. The van der Waals surface area contributed by atoms with E-state index < -0.39 is 12.1 Å². The average molecular weight is 419 g/mol. The van der Waals surface area contributed by atoms with Crippen LogP contribution in [0.25, 0.3) is 10.9 Å². The number of rotatable bonds is 6. The molecule has 1 aromatic heterocycles. The van der Waals surface area contributed by atoms with Gasteiger partial charge < -0.3 is 9.84 Å². The maximum Gasteiger partial charge on any atom is 0.337 e. The van der Waals surface area contributed by atoms with Crippen molar-refractivity contribution in [1.29, 1.82) is 0 Å². The largest absolute Gasteiger partial charge is 0.465 e. The van der Waals surface area contributed by atoms with Crippen molar-refractivity contribution in [3.63, 3.8) is 0 Å². The summed E-state index contributed by atoms with van der Waals surface area (Å²) in [5, 5.41) is 11.3. The van der Waals surface area contributed by atoms with Crippen molar-refractivity contribution in [3.8, 4) is 0 Å². The third-order valence-corrected chi connectivity index (χ3v) is 5.33. The minimum absolute atomic E-state index is 0.123. The number of esters is 1. The van der Waals surface area contributed by atoms with Crippen LogP contribution in [0.4, 0.5) is 0 Å². The van der Waals surface area contributed by atoms with E-state index in [0.717, 1.165) is 5.56 Å². The van der Waals surface area contributed by atoms with Crippen molar-refractivity contribution in [2.45, 2.75) is 30.5 Å². The van der Waals surface area contributed by atoms with Gasteiger partial charge in [0.05, 0.1) is 36.2 Å². The van der Waals surface area contributed by atoms with E-state index in [1.807, 2.05) is 18.2 Å². The number of aliphatic hydroxyl groups excluding tert-OH is 1. The van der Waals surface area contributed by atoms with E-state index in [1.54, 1.807) is 25.1 Å². The van der Waals surface area contributed by atoms with E-state index in [2.05, 4.69) is 4.98 Å². The summed E-state index contributed by atoms with van der Waals surface area (Å²) in [6, 6.07) is 12.1. The summed E-state index contributed by atoms with van der Waals surface area (Å²) in [6.07, 6.45) is -0.711. The fourth-order valence-electron chi connectivity index (χ4n) is 2.76. The summed E-state index contributed by atoms with van der Waals surface area (Å²) < 4.78 is 6.20. The lowest BCUT2D eigenvalue weighted by molar-refractivity contribution is 0.0601. The molecule has 0 radical (unpaired) electrons. The zero-order chi connectivity index (χ0) is 20.3. The van der Waals surface area contributed by atoms with Crippen LogP contribution in [0.1, 0.15) is 22.8 Å². The molecule has 0 aliphatic rings. The topological polar surface area (TPSA) is 81.4 Å². The highest BCUT2D eigenvalue weighted by Crippen LogP contribution is 2.24. The lowest BCUT2D eigenvalue weighted by Gasteiger charge is -2.15. The Hall–Kier alpha value is -2.35. The first kappa shape index (κ1) is 20.4. The normalized spacial score (nSPS) is 12.1. The van der Waals surface area contributed by atoms with Crippen LogP contribution in [-0.4, -0.2) is 33.8 Å². The predicted octanol–water partition coefficient (Wildman–Crippen LogP) is 3.51. The summed E-state index contributed by atoms with van der Waals surface area (Å²) >= 11 is 7.40. The molecule has 8 heteroatoms. The Morgan fingerprint density at radius 1 is 1.32 bits per heavy atom. The molecule has 0 saturated carbocycles. The van der Waals surface area contributed by atoms with Crippen LogP contribution in [0.3, 0.4) is 0 Å². The molecule has 28 heavy (non-hydrogen) atoms. The zero-order valence-electron chi connectivity index (χ0n) is 15.4. The average Bonchev–Trinajstić information content (AvgIpc) is 2.67. The first-order valence-corrected chi connectivity index (χ1v) is 9.93. The summed E-state index contributed by atoms with van der Waals surface area (Å²) in [7, 11) is 1.30. The van der Waals surface area contributed by atoms with Gasteiger partial charge in [-0.05, 0) is 42.8 Å². The molecular weight excluding hydrogens is 400 g/mol. The van der Waals surface area contributed by atoms with Gasteiger partial charge in [-0.2, -0.15) is 0 Å². The second kappa shape index (κ2) is 8.77. The van der Waals surface area contributed by atoms with E-state index in [9.17, 15) is 14.7 Å². The summed E-state index contributed by atoms with van der Waals surface area (Å²) in [5.41, 5.74) is 1.44. The zero-order valence-corrected chi connectivity index (χ0v) is 17.0. The van der Waals surface area contributed by atoms with Gasteiger partial charge in [-0.3, -0.25) is 9.36 Å². The number of nitrogens with zero attached hydrogens (tertiary/aromatic N) is 2. The van der Waals surface area contributed by atoms with Gasteiger partial charge in [0.2, 0.25) is 0 Å². The third-order valence-electron chi connectivity index (χ3n) is 4.05. The molecule has 0 spiro atoms. The van der Waals surface area contributed by atoms with Gasteiger partial charge in [0.25, 0.3) is 5.56 Å². The Morgan fingerprint density at radius 2 is 2.11 bits per heavy atom. The van der Waals surface area contributed by atoms with Crippen molar-refractivity contribution in [2.24, 2.45) is 0 Å². The SMILES string of the molecule is COC(=O)c1ccc2c(=O)n(C[C@H](C)O)c(SCc3cccc(Cl)c3)nc2c1. The Bertz CT molecular complexity index is 1080. The number of aliphatic hydroxyl groups is 1. The van der Waals surface area contributed by atoms with Gasteiger partial charge in [-0.15, -0.1) is 0 Å². The molecule has 0 aliphatic heterocycles. The number of thioether (sulfide) groups is 1. The van der Waals surface area contributed by atoms with Crippen molar-refractivity contribution < 1.29 is 14.6 Å². The summed E-state index contributed by atoms with van der Waals surface area (Å²) in [4.78, 5) is 29.3. The molecule has 0 saturated heterocycles. The van der Waals surface area contributed by atoms with Gasteiger partial charge in [-0.1, -0.05) is 35.5 Å². The molecule has 6 nitrogen and oxygen atoms in total. The second-order valence-electron chi connectivity index (χ2n) is 6.30. The number of hydrogen-bond acceptors (Lipinski definition) is 6. The van der Waals surface area contributed by atoms with Gasteiger partial charge in [0.1, 0.15) is 0 Å². The number of ether oxygens (including phenoxy) is 1. The highest BCUT2D eigenvalue weighted by atomic mass is 35.5. The number of benzene rings is 2. The highest BCUT2D eigenvalue weighted by Gasteiger charge is 2.15. The lowest BCUT2D eigenvalue weighted by atomic mass is 10.1. The first-order chi connectivity index (χ1) is 13.4. The Labute approximate surface area is 171 Å². The number of halogens is 1. The second-order valence-corrected chi connectivity index (χ2v) is 7.68. The summed E-state index contributed by atoms with van der Waals surface area (Å²) in [6.45, 7) is 1.74. The van der Waals surface area contributed by atoms with E-state index in [-0.39, 0.29) is 12.1 Å². The highest BCUT2D eigenvalue weighted by molar-refractivity contribution is 7.98. The lowest BCUT2D eigenvalue weighted by Crippen LogP contribution is -2.28. The quantitative estimate of drug-likeness (QED) is 0.375. The standard InChI is InChI=1S/C20H19ClN2O4S/c1-12(24)10-23-18(25)16-7-6-14(19(26)27-2)9-17(16)22-20(23)28-11-13-4-3-5-15(21)8-13/h3-9,12,24H,10-11H2,1-2H3/t12-/m0/s1. The van der Waals surface area contributed by atoms with E-state index >= 15 is 0 Å². The van der Waals surface area contributed by atoms with Crippen LogP contribution in [0, 0.1) is 0 Å². The smallest absolute Gasteiger partial charge is 0.337 e. The number of hydrogen-bond donors (Lipinski definition) is 1. The molecule has 1 heterocycles. The third kappa shape index (κ3) is 4.55. The fraction of sp³-hybridized carbons (Fsp3) is 0.250. The number of fused-ring (bicyclic) bond motifs is 1. The molecule has 0 aliphatic carbocycles. The van der Waals surface area contributed by atoms with Crippen LogP contribution in [0.15, 0.2) is 52.4 Å². The fourth-order valence-corrected chi connectivity index (χ4v) is 3.92. The van der Waals surface area contributed by atoms with Crippen LogP contribution >= 0.6 is 23.4 Å².